The van der Waals surface area contributed by atoms with Crippen LogP contribution < -0.4 is 0 Å². The third kappa shape index (κ3) is 5.86. The largest absolute Gasteiger partial charge is 0.392 e. The molecule has 1 N–H and O–H groups in total. The molecule has 1 aromatic rings. The van der Waals surface area contributed by atoms with Gasteiger partial charge in [-0.3, -0.25) is 9.69 Å². The third-order valence-corrected chi connectivity index (χ3v) is 3.66. The van der Waals surface area contributed by atoms with Crippen LogP contribution in [0.4, 0.5) is 0 Å². The van der Waals surface area contributed by atoms with E-state index in [1.165, 1.54) is 11.1 Å². The molecule has 4 nitrogen and oxygen atoms in total. The van der Waals surface area contributed by atoms with Crippen LogP contribution in [0.1, 0.15) is 31.9 Å². The van der Waals surface area contributed by atoms with Gasteiger partial charge in [0.25, 0.3) is 0 Å². The van der Waals surface area contributed by atoms with Crippen LogP contribution >= 0.6 is 0 Å². The molecule has 0 aliphatic rings. The summed E-state index contributed by atoms with van der Waals surface area (Å²) < 4.78 is 0. The molecule has 0 fully saturated rings. The van der Waals surface area contributed by atoms with Gasteiger partial charge >= 0.3 is 0 Å². The van der Waals surface area contributed by atoms with Gasteiger partial charge in [0.15, 0.2) is 0 Å². The molecule has 0 aromatic heterocycles. The molecule has 0 saturated heterocycles. The second-order valence-electron chi connectivity index (χ2n) is 6.05. The Morgan fingerprint density at radius 2 is 1.86 bits per heavy atom. The summed E-state index contributed by atoms with van der Waals surface area (Å²) in [5.74, 6) is 0.0765. The van der Waals surface area contributed by atoms with Crippen LogP contribution in [0.5, 0.6) is 0 Å². The summed E-state index contributed by atoms with van der Waals surface area (Å²) in [5.41, 5.74) is 2.36. The molecule has 21 heavy (non-hydrogen) atoms. The van der Waals surface area contributed by atoms with Gasteiger partial charge in [0.2, 0.25) is 5.91 Å². The van der Waals surface area contributed by atoms with E-state index in [1.807, 2.05) is 37.9 Å². The van der Waals surface area contributed by atoms with Crippen LogP contribution in [0.3, 0.4) is 0 Å². The summed E-state index contributed by atoms with van der Waals surface area (Å²) >= 11 is 0. The molecule has 0 aliphatic carbocycles. The number of amides is 1. The molecule has 1 aromatic carbocycles. The summed E-state index contributed by atoms with van der Waals surface area (Å²) in [4.78, 5) is 16.1. The number of aliphatic hydroxyl groups excluding tert-OH is 1. The van der Waals surface area contributed by atoms with Crippen molar-refractivity contribution in [1.82, 2.24) is 9.80 Å². The molecule has 118 valence electrons. The number of aryl methyl sites for hydroxylation is 1. The quantitative estimate of drug-likeness (QED) is 0.836. The highest BCUT2D eigenvalue weighted by Gasteiger charge is 2.18. The zero-order valence-corrected chi connectivity index (χ0v) is 13.8. The van der Waals surface area contributed by atoms with E-state index in [0.29, 0.717) is 19.6 Å². The highest BCUT2D eigenvalue weighted by Crippen LogP contribution is 2.10. The fraction of sp³-hybridized carbons (Fsp3) is 0.588. The number of likely N-dealkylation sites (N-methyl/N-ethyl adjacent to an activating group) is 1. The maximum atomic E-state index is 12.4. The van der Waals surface area contributed by atoms with Gasteiger partial charge in [0.05, 0.1) is 12.6 Å². The Morgan fingerprint density at radius 1 is 1.24 bits per heavy atom. The molecule has 1 atom stereocenters. The maximum absolute atomic E-state index is 12.4. The zero-order valence-electron chi connectivity index (χ0n) is 13.8. The first-order valence-electron chi connectivity index (χ1n) is 7.51. The lowest BCUT2D eigenvalue weighted by Crippen LogP contribution is -2.44. The van der Waals surface area contributed by atoms with Crippen LogP contribution in [0.2, 0.25) is 0 Å². The van der Waals surface area contributed by atoms with Crippen LogP contribution in [0.15, 0.2) is 24.3 Å². The van der Waals surface area contributed by atoms with Crippen LogP contribution in [-0.2, 0) is 11.3 Å². The molecule has 0 saturated carbocycles. The van der Waals surface area contributed by atoms with Gasteiger partial charge in [0.1, 0.15) is 0 Å². The van der Waals surface area contributed by atoms with Crippen molar-refractivity contribution >= 4 is 5.91 Å². The molecule has 0 radical (unpaired) electrons. The molecule has 1 unspecified atom stereocenters. The first-order chi connectivity index (χ1) is 9.81. The molecule has 4 heteroatoms. The molecule has 0 spiro atoms. The smallest absolute Gasteiger partial charge is 0.236 e. The van der Waals surface area contributed by atoms with Crippen molar-refractivity contribution in [2.24, 2.45) is 0 Å². The van der Waals surface area contributed by atoms with Gasteiger partial charge in [-0.15, -0.1) is 0 Å². The molecule has 1 amide bonds. The Kier molecular flexibility index (Phi) is 6.85. The minimum Gasteiger partial charge on any atom is -0.392 e. The minimum absolute atomic E-state index is 0.0765. The Labute approximate surface area is 128 Å². The van der Waals surface area contributed by atoms with Gasteiger partial charge in [-0.1, -0.05) is 24.3 Å². The predicted octanol–water partition coefficient (Wildman–Crippen LogP) is 2.04. The Morgan fingerprint density at radius 3 is 2.38 bits per heavy atom. The fourth-order valence-electron chi connectivity index (χ4n) is 2.22. The molecule has 0 bridgehead atoms. The van der Waals surface area contributed by atoms with E-state index in [1.54, 1.807) is 11.8 Å². The van der Waals surface area contributed by atoms with E-state index in [0.717, 1.165) is 0 Å². The summed E-state index contributed by atoms with van der Waals surface area (Å²) in [5, 5.41) is 9.53. The number of benzene rings is 1. The number of nitrogens with zero attached hydrogens (tertiary/aromatic N) is 2. The third-order valence-electron chi connectivity index (χ3n) is 3.66. The highest BCUT2D eigenvalue weighted by atomic mass is 16.3. The predicted molar refractivity (Wildman–Crippen MR) is 86.0 cm³/mol. The standard InChI is InChI=1S/C17H28N2O2/c1-13(2)19(10-15(4)20)12-17(21)18(5)11-16-9-7-6-8-14(16)3/h6-9,13,15,20H,10-12H2,1-5H3. The van der Waals surface area contributed by atoms with Crippen LogP contribution in [0.25, 0.3) is 0 Å². The average molecular weight is 292 g/mol. The van der Waals surface area contributed by atoms with Gasteiger partial charge in [-0.05, 0) is 38.8 Å². The number of rotatable bonds is 7. The highest BCUT2D eigenvalue weighted by molar-refractivity contribution is 5.78. The topological polar surface area (TPSA) is 43.8 Å². The second kappa shape index (κ2) is 8.15. The first-order valence-corrected chi connectivity index (χ1v) is 7.51. The number of aliphatic hydroxyl groups is 1. The summed E-state index contributed by atoms with van der Waals surface area (Å²) in [6.07, 6.45) is -0.429. The van der Waals surface area contributed by atoms with Crippen molar-refractivity contribution in [3.63, 3.8) is 0 Å². The average Bonchev–Trinajstić information content (AvgIpc) is 2.39. The number of carbonyl (C=O) groups is 1. The number of hydrogen-bond donors (Lipinski definition) is 1. The van der Waals surface area contributed by atoms with E-state index >= 15 is 0 Å². The molecule has 1 rings (SSSR count). The van der Waals surface area contributed by atoms with Gasteiger partial charge in [-0.2, -0.15) is 0 Å². The van der Waals surface area contributed by atoms with Crippen molar-refractivity contribution in [3.05, 3.63) is 35.4 Å². The van der Waals surface area contributed by atoms with E-state index in [4.69, 9.17) is 0 Å². The molecule has 0 heterocycles. The van der Waals surface area contributed by atoms with Crippen molar-refractivity contribution in [2.45, 2.75) is 46.4 Å². The SMILES string of the molecule is Cc1ccccc1CN(C)C(=O)CN(CC(C)O)C(C)C. The lowest BCUT2D eigenvalue weighted by Gasteiger charge is -2.29. The summed E-state index contributed by atoms with van der Waals surface area (Å²) in [6, 6.07) is 8.34. The lowest BCUT2D eigenvalue weighted by molar-refractivity contribution is -0.132. The van der Waals surface area contributed by atoms with E-state index < -0.39 is 6.10 Å². The van der Waals surface area contributed by atoms with Crippen molar-refractivity contribution < 1.29 is 9.90 Å². The monoisotopic (exact) mass is 292 g/mol. The Hall–Kier alpha value is -1.39. The maximum Gasteiger partial charge on any atom is 0.236 e. The zero-order chi connectivity index (χ0) is 16.0. The van der Waals surface area contributed by atoms with E-state index in [9.17, 15) is 9.90 Å². The fourth-order valence-corrected chi connectivity index (χ4v) is 2.22. The normalized spacial score (nSPS) is 12.8. The molecule has 0 aliphatic heterocycles. The second-order valence-corrected chi connectivity index (χ2v) is 6.05. The molecular formula is C17H28N2O2. The summed E-state index contributed by atoms with van der Waals surface area (Å²) in [6.45, 7) is 9.35. The summed E-state index contributed by atoms with van der Waals surface area (Å²) in [7, 11) is 1.83. The van der Waals surface area contributed by atoms with Crippen molar-refractivity contribution in [3.8, 4) is 0 Å². The van der Waals surface area contributed by atoms with Gasteiger partial charge in [0, 0.05) is 26.2 Å². The number of hydrogen-bond acceptors (Lipinski definition) is 3. The van der Waals surface area contributed by atoms with Crippen LogP contribution in [-0.4, -0.2) is 53.1 Å². The van der Waals surface area contributed by atoms with Crippen molar-refractivity contribution in [2.75, 3.05) is 20.1 Å². The van der Waals surface area contributed by atoms with Crippen LogP contribution in [0, 0.1) is 6.92 Å². The lowest BCUT2D eigenvalue weighted by atomic mass is 10.1. The van der Waals surface area contributed by atoms with Gasteiger partial charge < -0.3 is 10.0 Å². The van der Waals surface area contributed by atoms with E-state index in [-0.39, 0.29) is 11.9 Å². The minimum atomic E-state index is -0.429. The van der Waals surface area contributed by atoms with E-state index in [2.05, 4.69) is 19.1 Å². The van der Waals surface area contributed by atoms with Gasteiger partial charge in [-0.25, -0.2) is 0 Å². The first kappa shape index (κ1) is 17.7. The molecular weight excluding hydrogens is 264 g/mol. The Bertz CT molecular complexity index is 458. The van der Waals surface area contributed by atoms with Crippen molar-refractivity contribution in [1.29, 1.82) is 0 Å². The Balaban J connectivity index is 2.63. The number of carbonyl (C=O) groups excluding carboxylic acids is 1.